The maximum absolute atomic E-state index is 11.7. The first kappa shape index (κ1) is 12.6. The normalized spacial score (nSPS) is 19.2. The van der Waals surface area contributed by atoms with Crippen LogP contribution in [0, 0.1) is 0 Å². The minimum Gasteiger partial charge on any atom is -0.330 e. The summed E-state index contributed by atoms with van der Waals surface area (Å²) in [6, 6.07) is 2.28. The summed E-state index contributed by atoms with van der Waals surface area (Å²) >= 11 is 5.98. The molecule has 3 rings (SSSR count). The van der Waals surface area contributed by atoms with Gasteiger partial charge in [-0.2, -0.15) is 0 Å². The molecule has 0 radical (unpaired) electrons. The molecular weight excluding hydrogens is 262 g/mol. The van der Waals surface area contributed by atoms with Gasteiger partial charge in [-0.1, -0.05) is 11.6 Å². The molecule has 1 fully saturated rings. The van der Waals surface area contributed by atoms with Crippen LogP contribution >= 0.6 is 11.6 Å². The van der Waals surface area contributed by atoms with Gasteiger partial charge < -0.3 is 9.88 Å². The van der Waals surface area contributed by atoms with Crippen LogP contribution in [-0.4, -0.2) is 27.9 Å². The van der Waals surface area contributed by atoms with Crippen LogP contribution in [0.1, 0.15) is 30.1 Å². The number of hydrogen-bond donors (Lipinski definition) is 1. The van der Waals surface area contributed by atoms with Gasteiger partial charge in [-0.25, -0.2) is 4.98 Å². The molecule has 100 valence electrons. The molecule has 5 heteroatoms. The topological polar surface area (TPSA) is 46.9 Å². The molecule has 0 spiro atoms. The van der Waals surface area contributed by atoms with Crippen molar-refractivity contribution in [3.63, 3.8) is 0 Å². The predicted molar refractivity (Wildman–Crippen MR) is 75.8 cm³/mol. The molecule has 1 aliphatic rings. The Balaban J connectivity index is 2.06. The van der Waals surface area contributed by atoms with Crippen LogP contribution in [0.25, 0.3) is 11.0 Å². The van der Waals surface area contributed by atoms with Gasteiger partial charge in [0.15, 0.2) is 5.78 Å². The Hall–Kier alpha value is -1.39. The minimum atomic E-state index is 0.0483. The molecule has 2 aromatic rings. The van der Waals surface area contributed by atoms with Crippen LogP contribution in [0.4, 0.5) is 0 Å². The van der Waals surface area contributed by atoms with Crippen molar-refractivity contribution in [3.05, 3.63) is 29.0 Å². The largest absolute Gasteiger partial charge is 0.330 e. The minimum absolute atomic E-state index is 0.0483. The van der Waals surface area contributed by atoms with E-state index in [1.807, 2.05) is 12.3 Å². The van der Waals surface area contributed by atoms with E-state index in [4.69, 9.17) is 11.6 Å². The van der Waals surface area contributed by atoms with E-state index >= 15 is 0 Å². The van der Waals surface area contributed by atoms with Gasteiger partial charge in [-0.15, -0.1) is 0 Å². The highest BCUT2D eigenvalue weighted by atomic mass is 35.5. The lowest BCUT2D eigenvalue weighted by atomic mass is 10.2. The Morgan fingerprint density at radius 2 is 2.47 bits per heavy atom. The SMILES string of the molecule is CC(=O)c1cn(C[C@@H]2CCCN2)c2ncc(Cl)cc12. The van der Waals surface area contributed by atoms with Crippen molar-refractivity contribution in [2.45, 2.75) is 32.4 Å². The molecule has 1 atom stereocenters. The zero-order valence-electron chi connectivity index (χ0n) is 10.8. The summed E-state index contributed by atoms with van der Waals surface area (Å²) in [6.45, 7) is 3.49. The second kappa shape index (κ2) is 4.94. The number of nitrogens with one attached hydrogen (secondary N) is 1. The monoisotopic (exact) mass is 277 g/mol. The van der Waals surface area contributed by atoms with E-state index in [1.54, 1.807) is 13.1 Å². The Morgan fingerprint density at radius 1 is 1.63 bits per heavy atom. The smallest absolute Gasteiger partial charge is 0.162 e. The number of halogens is 1. The summed E-state index contributed by atoms with van der Waals surface area (Å²) in [5.41, 5.74) is 1.53. The number of Topliss-reactive ketones (excluding diaryl/α,β-unsaturated/α-hetero) is 1. The van der Waals surface area contributed by atoms with E-state index in [0.717, 1.165) is 24.1 Å². The van der Waals surface area contributed by atoms with E-state index < -0.39 is 0 Å². The second-order valence-electron chi connectivity index (χ2n) is 5.07. The standard InChI is InChI=1S/C14H16ClN3O/c1-9(19)13-8-18(7-11-3-2-4-16-11)14-12(13)5-10(15)6-17-14/h5-6,8,11,16H,2-4,7H2,1H3/t11-/m0/s1. The molecule has 0 amide bonds. The molecule has 19 heavy (non-hydrogen) atoms. The lowest BCUT2D eigenvalue weighted by molar-refractivity contribution is 0.101. The molecule has 3 heterocycles. The van der Waals surface area contributed by atoms with Crippen LogP contribution in [0.15, 0.2) is 18.5 Å². The van der Waals surface area contributed by atoms with E-state index in [0.29, 0.717) is 16.6 Å². The predicted octanol–water partition coefficient (Wildman–Crippen LogP) is 2.64. The summed E-state index contributed by atoms with van der Waals surface area (Å²) in [5, 5.41) is 4.87. The lowest BCUT2D eigenvalue weighted by Crippen LogP contribution is -2.26. The van der Waals surface area contributed by atoms with Crippen LogP contribution in [0.3, 0.4) is 0 Å². The van der Waals surface area contributed by atoms with Gasteiger partial charge in [0.25, 0.3) is 0 Å². The van der Waals surface area contributed by atoms with E-state index in [9.17, 15) is 4.79 Å². The third kappa shape index (κ3) is 2.38. The third-order valence-corrected chi connectivity index (χ3v) is 3.85. The number of fused-ring (bicyclic) bond motifs is 1. The number of nitrogens with zero attached hydrogens (tertiary/aromatic N) is 2. The van der Waals surface area contributed by atoms with Gasteiger partial charge in [0.1, 0.15) is 5.65 Å². The number of carbonyl (C=O) groups is 1. The number of hydrogen-bond acceptors (Lipinski definition) is 3. The molecule has 0 unspecified atom stereocenters. The fraction of sp³-hybridized carbons (Fsp3) is 0.429. The van der Waals surface area contributed by atoms with Gasteiger partial charge in [0.2, 0.25) is 0 Å². The Morgan fingerprint density at radius 3 is 3.16 bits per heavy atom. The zero-order valence-corrected chi connectivity index (χ0v) is 11.6. The molecular formula is C14H16ClN3O. The summed E-state index contributed by atoms with van der Waals surface area (Å²) in [4.78, 5) is 16.1. The molecule has 0 aliphatic carbocycles. The summed E-state index contributed by atoms with van der Waals surface area (Å²) in [6.07, 6.45) is 5.91. The van der Waals surface area contributed by atoms with Crippen molar-refractivity contribution in [1.29, 1.82) is 0 Å². The maximum Gasteiger partial charge on any atom is 0.162 e. The first-order valence-electron chi connectivity index (χ1n) is 6.54. The molecule has 2 aromatic heterocycles. The van der Waals surface area contributed by atoms with E-state index in [1.165, 1.54) is 12.8 Å². The summed E-state index contributed by atoms with van der Waals surface area (Å²) in [7, 11) is 0. The number of carbonyl (C=O) groups excluding carboxylic acids is 1. The number of pyridine rings is 1. The van der Waals surface area contributed by atoms with Crippen molar-refractivity contribution in [2.24, 2.45) is 0 Å². The Kier molecular flexibility index (Phi) is 3.29. The highest BCUT2D eigenvalue weighted by Crippen LogP contribution is 2.24. The van der Waals surface area contributed by atoms with Crippen LogP contribution in [0.2, 0.25) is 5.02 Å². The van der Waals surface area contributed by atoms with Gasteiger partial charge in [-0.3, -0.25) is 4.79 Å². The lowest BCUT2D eigenvalue weighted by Gasteiger charge is -2.11. The van der Waals surface area contributed by atoms with E-state index in [-0.39, 0.29) is 5.78 Å². The van der Waals surface area contributed by atoms with Crippen molar-refractivity contribution in [2.75, 3.05) is 6.54 Å². The number of rotatable bonds is 3. The molecule has 0 saturated carbocycles. The van der Waals surface area contributed by atoms with Crippen molar-refractivity contribution in [1.82, 2.24) is 14.9 Å². The third-order valence-electron chi connectivity index (χ3n) is 3.64. The number of aromatic nitrogens is 2. The quantitative estimate of drug-likeness (QED) is 0.878. The highest BCUT2D eigenvalue weighted by molar-refractivity contribution is 6.31. The second-order valence-corrected chi connectivity index (χ2v) is 5.51. The van der Waals surface area contributed by atoms with Crippen LogP contribution in [0.5, 0.6) is 0 Å². The van der Waals surface area contributed by atoms with Crippen molar-refractivity contribution in [3.8, 4) is 0 Å². The maximum atomic E-state index is 11.7. The fourth-order valence-electron chi connectivity index (χ4n) is 2.72. The highest BCUT2D eigenvalue weighted by Gasteiger charge is 2.18. The average Bonchev–Trinajstić information content (AvgIpc) is 2.97. The molecule has 4 nitrogen and oxygen atoms in total. The van der Waals surface area contributed by atoms with Gasteiger partial charge in [-0.05, 0) is 32.4 Å². The van der Waals surface area contributed by atoms with Gasteiger partial charge in [0.05, 0.1) is 5.02 Å². The molecule has 1 saturated heterocycles. The molecule has 1 N–H and O–H groups in total. The van der Waals surface area contributed by atoms with Crippen molar-refractivity contribution >= 4 is 28.4 Å². The average molecular weight is 278 g/mol. The Bertz CT molecular complexity index is 629. The van der Waals surface area contributed by atoms with Gasteiger partial charge in [0, 0.05) is 35.9 Å². The van der Waals surface area contributed by atoms with Gasteiger partial charge >= 0.3 is 0 Å². The first-order valence-corrected chi connectivity index (χ1v) is 6.91. The first-order chi connectivity index (χ1) is 9.15. The molecule has 1 aliphatic heterocycles. The summed E-state index contributed by atoms with van der Waals surface area (Å²) in [5.74, 6) is 0.0483. The number of ketones is 1. The molecule has 0 aromatic carbocycles. The van der Waals surface area contributed by atoms with Crippen LogP contribution in [-0.2, 0) is 6.54 Å². The summed E-state index contributed by atoms with van der Waals surface area (Å²) < 4.78 is 2.06. The van der Waals surface area contributed by atoms with Crippen molar-refractivity contribution < 1.29 is 4.79 Å². The molecule has 0 bridgehead atoms. The fourth-order valence-corrected chi connectivity index (χ4v) is 2.87. The Labute approximate surface area is 116 Å². The zero-order chi connectivity index (χ0) is 13.4. The van der Waals surface area contributed by atoms with E-state index in [2.05, 4.69) is 14.9 Å². The van der Waals surface area contributed by atoms with Crippen LogP contribution < -0.4 is 5.32 Å².